The summed E-state index contributed by atoms with van der Waals surface area (Å²) in [7, 11) is 1.49. The lowest BCUT2D eigenvalue weighted by atomic mass is 10.0. The molecule has 4 N–H and O–H groups in total. The Kier molecular flexibility index (Phi) is 4.41. The molecule has 0 saturated heterocycles. The minimum atomic E-state index is -0.438. The van der Waals surface area contributed by atoms with Gasteiger partial charge in [-0.05, 0) is 19.4 Å². The summed E-state index contributed by atoms with van der Waals surface area (Å²) in [6, 6.07) is 1.13. The van der Waals surface area contributed by atoms with E-state index < -0.39 is 6.04 Å². The van der Waals surface area contributed by atoms with Gasteiger partial charge in [-0.25, -0.2) is 0 Å². The molecule has 0 amide bonds. The van der Waals surface area contributed by atoms with Gasteiger partial charge in [-0.1, -0.05) is 11.6 Å². The molecule has 0 radical (unpaired) electrons. The molecule has 0 saturated carbocycles. The molecule has 4 nitrogen and oxygen atoms in total. The Morgan fingerprint density at radius 2 is 2.19 bits per heavy atom. The summed E-state index contributed by atoms with van der Waals surface area (Å²) in [4.78, 5) is 0. The van der Waals surface area contributed by atoms with Gasteiger partial charge in [0.25, 0.3) is 0 Å². The topological polar surface area (TPSA) is 75.7 Å². The smallest absolute Gasteiger partial charge is 0.144 e. The Morgan fingerprint density at radius 1 is 1.56 bits per heavy atom. The molecule has 1 atom stereocenters. The molecular formula is C11H16ClNO3. The number of hydrogen-bond donors (Lipinski definition) is 3. The number of hydrogen-bond acceptors (Lipinski definition) is 4. The Labute approximate surface area is 99.6 Å². The highest BCUT2D eigenvalue weighted by Crippen LogP contribution is 2.39. The van der Waals surface area contributed by atoms with Gasteiger partial charge in [-0.3, -0.25) is 0 Å². The van der Waals surface area contributed by atoms with E-state index in [0.29, 0.717) is 28.3 Å². The highest BCUT2D eigenvalue weighted by atomic mass is 35.5. The van der Waals surface area contributed by atoms with E-state index in [4.69, 9.17) is 27.2 Å². The Hall–Kier alpha value is -0.970. The van der Waals surface area contributed by atoms with Crippen molar-refractivity contribution < 1.29 is 14.9 Å². The Morgan fingerprint density at radius 3 is 2.69 bits per heavy atom. The molecule has 1 rings (SSSR count). The Bertz CT molecular complexity index is 382. The number of nitrogens with two attached hydrogens (primary N) is 1. The van der Waals surface area contributed by atoms with Crippen LogP contribution in [0.25, 0.3) is 0 Å². The van der Waals surface area contributed by atoms with Gasteiger partial charge in [0.05, 0.1) is 12.1 Å². The van der Waals surface area contributed by atoms with Crippen LogP contribution in [0.3, 0.4) is 0 Å². The van der Waals surface area contributed by atoms with Crippen LogP contribution in [0.15, 0.2) is 6.07 Å². The number of phenolic OH excluding ortho intramolecular Hbond substituents is 1. The summed E-state index contributed by atoms with van der Waals surface area (Å²) >= 11 is 6.00. The van der Waals surface area contributed by atoms with E-state index in [1.807, 2.05) is 0 Å². The van der Waals surface area contributed by atoms with Gasteiger partial charge in [0.15, 0.2) is 0 Å². The molecule has 1 aromatic rings. The monoisotopic (exact) mass is 245 g/mol. The van der Waals surface area contributed by atoms with E-state index in [1.54, 1.807) is 13.0 Å². The number of benzene rings is 1. The van der Waals surface area contributed by atoms with Gasteiger partial charge in [-0.15, -0.1) is 0 Å². The van der Waals surface area contributed by atoms with Crippen LogP contribution in [0.1, 0.15) is 23.6 Å². The lowest BCUT2D eigenvalue weighted by Crippen LogP contribution is -2.12. The quantitative estimate of drug-likeness (QED) is 0.755. The van der Waals surface area contributed by atoms with Crippen molar-refractivity contribution in [2.75, 3.05) is 13.7 Å². The molecule has 1 aromatic carbocycles. The first kappa shape index (κ1) is 13.1. The van der Waals surface area contributed by atoms with Gasteiger partial charge in [-0.2, -0.15) is 0 Å². The molecule has 0 heterocycles. The summed E-state index contributed by atoms with van der Waals surface area (Å²) in [6.45, 7) is 1.67. The first-order chi connectivity index (χ1) is 7.52. The molecule has 90 valence electrons. The first-order valence-corrected chi connectivity index (χ1v) is 5.33. The number of methoxy groups -OCH3 is 1. The van der Waals surface area contributed by atoms with Gasteiger partial charge in [0.1, 0.15) is 11.5 Å². The number of aromatic hydroxyl groups is 1. The van der Waals surface area contributed by atoms with Crippen LogP contribution in [-0.2, 0) is 0 Å². The first-order valence-electron chi connectivity index (χ1n) is 4.95. The number of aliphatic hydroxyl groups is 1. The molecule has 0 aliphatic heterocycles. The zero-order valence-electron chi connectivity index (χ0n) is 9.33. The average Bonchev–Trinajstić information content (AvgIpc) is 2.24. The number of ether oxygens (including phenoxy) is 1. The van der Waals surface area contributed by atoms with Crippen LogP contribution < -0.4 is 10.5 Å². The highest BCUT2D eigenvalue weighted by Gasteiger charge is 2.18. The van der Waals surface area contributed by atoms with Gasteiger partial charge in [0.2, 0.25) is 0 Å². The zero-order valence-corrected chi connectivity index (χ0v) is 10.1. The van der Waals surface area contributed by atoms with Crippen LogP contribution >= 0.6 is 11.6 Å². The predicted molar refractivity (Wildman–Crippen MR) is 63.0 cm³/mol. The highest BCUT2D eigenvalue weighted by molar-refractivity contribution is 6.32. The minimum Gasteiger partial charge on any atom is -0.507 e. The van der Waals surface area contributed by atoms with Gasteiger partial charge < -0.3 is 20.7 Å². The van der Waals surface area contributed by atoms with Crippen molar-refractivity contribution in [2.24, 2.45) is 5.73 Å². The van der Waals surface area contributed by atoms with Crippen LogP contribution in [0.4, 0.5) is 0 Å². The second-order valence-electron chi connectivity index (χ2n) is 3.57. The third-order valence-electron chi connectivity index (χ3n) is 2.51. The van der Waals surface area contributed by atoms with Gasteiger partial charge >= 0.3 is 0 Å². The van der Waals surface area contributed by atoms with Crippen molar-refractivity contribution in [3.8, 4) is 11.5 Å². The van der Waals surface area contributed by atoms with Crippen LogP contribution in [0.2, 0.25) is 5.02 Å². The fourth-order valence-corrected chi connectivity index (χ4v) is 1.94. The van der Waals surface area contributed by atoms with Crippen molar-refractivity contribution in [1.82, 2.24) is 0 Å². The summed E-state index contributed by atoms with van der Waals surface area (Å²) in [5.41, 5.74) is 6.90. The van der Waals surface area contributed by atoms with Gasteiger partial charge in [0, 0.05) is 23.8 Å². The van der Waals surface area contributed by atoms with Crippen LogP contribution in [0, 0.1) is 6.92 Å². The number of rotatable bonds is 4. The summed E-state index contributed by atoms with van der Waals surface area (Å²) in [5, 5.41) is 19.1. The average molecular weight is 246 g/mol. The lowest BCUT2D eigenvalue weighted by Gasteiger charge is -2.17. The molecule has 0 aliphatic carbocycles. The van der Waals surface area contributed by atoms with Crippen molar-refractivity contribution in [3.63, 3.8) is 0 Å². The molecule has 0 fully saturated rings. The normalized spacial score (nSPS) is 12.6. The second kappa shape index (κ2) is 5.39. The SMILES string of the molecule is COc1c(Cl)cc(C(N)CCO)c(O)c1C. The summed E-state index contributed by atoms with van der Waals surface area (Å²) in [6.07, 6.45) is 0.371. The van der Waals surface area contributed by atoms with E-state index in [2.05, 4.69) is 0 Å². The zero-order chi connectivity index (χ0) is 12.3. The predicted octanol–water partition coefficient (Wildman–Crippen LogP) is 1.74. The van der Waals surface area contributed by atoms with Crippen molar-refractivity contribution in [1.29, 1.82) is 0 Å². The van der Waals surface area contributed by atoms with E-state index in [0.717, 1.165) is 0 Å². The minimum absolute atomic E-state index is 0.0384. The second-order valence-corrected chi connectivity index (χ2v) is 3.98. The standard InChI is InChI=1S/C11H16ClNO3/c1-6-10(15)7(9(13)3-4-14)5-8(12)11(6)16-2/h5,9,14-15H,3-4,13H2,1-2H3. The molecule has 1 unspecified atom stereocenters. The maximum absolute atomic E-state index is 9.93. The van der Waals surface area contributed by atoms with E-state index in [1.165, 1.54) is 7.11 Å². The fraction of sp³-hybridized carbons (Fsp3) is 0.455. The van der Waals surface area contributed by atoms with Crippen molar-refractivity contribution >= 4 is 11.6 Å². The fourth-order valence-electron chi connectivity index (χ4n) is 1.60. The molecule has 0 bridgehead atoms. The molecular weight excluding hydrogens is 230 g/mol. The van der Waals surface area contributed by atoms with E-state index >= 15 is 0 Å². The molecule has 0 aliphatic rings. The lowest BCUT2D eigenvalue weighted by molar-refractivity contribution is 0.275. The number of phenols is 1. The third kappa shape index (κ3) is 2.40. The summed E-state index contributed by atoms with van der Waals surface area (Å²) in [5.74, 6) is 0.515. The summed E-state index contributed by atoms with van der Waals surface area (Å²) < 4.78 is 5.07. The molecule has 0 spiro atoms. The third-order valence-corrected chi connectivity index (χ3v) is 2.79. The van der Waals surface area contributed by atoms with E-state index in [9.17, 15) is 5.11 Å². The Balaban J connectivity index is 3.22. The van der Waals surface area contributed by atoms with Crippen molar-refractivity contribution in [3.05, 3.63) is 22.2 Å². The maximum atomic E-state index is 9.93. The molecule has 5 heteroatoms. The van der Waals surface area contributed by atoms with Crippen LogP contribution in [-0.4, -0.2) is 23.9 Å². The number of aliphatic hydroxyl groups excluding tert-OH is 1. The maximum Gasteiger partial charge on any atom is 0.144 e. The largest absolute Gasteiger partial charge is 0.507 e. The molecule has 0 aromatic heterocycles. The van der Waals surface area contributed by atoms with Crippen LogP contribution in [0.5, 0.6) is 11.5 Å². The van der Waals surface area contributed by atoms with Crippen molar-refractivity contribution in [2.45, 2.75) is 19.4 Å². The van der Waals surface area contributed by atoms with E-state index in [-0.39, 0.29) is 12.4 Å². The number of halogens is 1. The molecule has 16 heavy (non-hydrogen) atoms.